The third-order valence-electron chi connectivity index (χ3n) is 2.30. The van der Waals surface area contributed by atoms with Crippen LogP contribution in [0, 0.1) is 13.8 Å². The maximum Gasteiger partial charge on any atom is 0.0355 e. The van der Waals surface area contributed by atoms with Crippen molar-refractivity contribution < 1.29 is 0 Å². The first-order chi connectivity index (χ1) is 5.43. The number of halogens is 1. The number of hydrogen-bond donors (Lipinski definition) is 1. The van der Waals surface area contributed by atoms with Gasteiger partial charge in [0.2, 0.25) is 0 Å². The van der Waals surface area contributed by atoms with E-state index in [9.17, 15) is 0 Å². The molecule has 0 spiro atoms. The Balaban J connectivity index is 0.00000144. The average molecular weight is 200 g/mol. The average Bonchev–Trinajstić information content (AvgIpc) is 1.92. The molecule has 0 unspecified atom stereocenters. The Bertz CT molecular complexity index is 287. The summed E-state index contributed by atoms with van der Waals surface area (Å²) in [6.07, 6.45) is 0. The van der Waals surface area contributed by atoms with Gasteiger partial charge < -0.3 is 5.73 Å². The van der Waals surface area contributed by atoms with Crippen molar-refractivity contribution in [3.8, 4) is 0 Å². The van der Waals surface area contributed by atoms with E-state index < -0.39 is 0 Å². The molecule has 13 heavy (non-hydrogen) atoms. The van der Waals surface area contributed by atoms with Crippen molar-refractivity contribution in [2.75, 3.05) is 0 Å². The Morgan fingerprint density at radius 1 is 1.15 bits per heavy atom. The van der Waals surface area contributed by atoms with Crippen molar-refractivity contribution in [1.82, 2.24) is 0 Å². The second-order valence-corrected chi connectivity index (χ2v) is 3.97. The van der Waals surface area contributed by atoms with Crippen LogP contribution < -0.4 is 5.73 Å². The van der Waals surface area contributed by atoms with Crippen LogP contribution in [0.15, 0.2) is 18.2 Å². The van der Waals surface area contributed by atoms with Gasteiger partial charge in [-0.15, -0.1) is 12.4 Å². The van der Waals surface area contributed by atoms with Crippen molar-refractivity contribution in [3.63, 3.8) is 0 Å². The monoisotopic (exact) mass is 199 g/mol. The van der Waals surface area contributed by atoms with Gasteiger partial charge in [0.25, 0.3) is 0 Å². The van der Waals surface area contributed by atoms with Crippen LogP contribution in [0.25, 0.3) is 0 Å². The van der Waals surface area contributed by atoms with Gasteiger partial charge in [-0.25, -0.2) is 0 Å². The van der Waals surface area contributed by atoms with Gasteiger partial charge in [0.15, 0.2) is 0 Å². The summed E-state index contributed by atoms with van der Waals surface area (Å²) in [7, 11) is 0. The lowest BCUT2D eigenvalue weighted by molar-refractivity contribution is 0.550. The summed E-state index contributed by atoms with van der Waals surface area (Å²) < 4.78 is 0. The van der Waals surface area contributed by atoms with E-state index in [2.05, 4.69) is 32.0 Å². The maximum absolute atomic E-state index is 6.03. The zero-order valence-electron chi connectivity index (χ0n) is 8.72. The van der Waals surface area contributed by atoms with Crippen molar-refractivity contribution in [2.45, 2.75) is 33.2 Å². The summed E-state index contributed by atoms with van der Waals surface area (Å²) in [6.45, 7) is 8.31. The number of benzene rings is 1. The molecule has 0 saturated heterocycles. The van der Waals surface area contributed by atoms with E-state index in [1.165, 1.54) is 16.7 Å². The molecule has 0 radical (unpaired) electrons. The smallest absolute Gasteiger partial charge is 0.0355 e. The Morgan fingerprint density at radius 3 is 2.08 bits per heavy atom. The first kappa shape index (κ1) is 12.5. The van der Waals surface area contributed by atoms with E-state index in [1.54, 1.807) is 0 Å². The van der Waals surface area contributed by atoms with Crippen LogP contribution in [0.5, 0.6) is 0 Å². The molecule has 2 heteroatoms. The van der Waals surface area contributed by atoms with Crippen LogP contribution in [0.3, 0.4) is 0 Å². The molecule has 1 aromatic carbocycles. The van der Waals surface area contributed by atoms with E-state index in [0.717, 1.165) is 0 Å². The van der Waals surface area contributed by atoms with Crippen LogP contribution in [0.4, 0.5) is 0 Å². The van der Waals surface area contributed by atoms with E-state index in [0.29, 0.717) is 0 Å². The minimum atomic E-state index is -0.226. The van der Waals surface area contributed by atoms with Crippen molar-refractivity contribution in [1.29, 1.82) is 0 Å². The summed E-state index contributed by atoms with van der Waals surface area (Å²) in [4.78, 5) is 0. The van der Waals surface area contributed by atoms with Gasteiger partial charge in [-0.3, -0.25) is 0 Å². The topological polar surface area (TPSA) is 26.0 Å². The number of nitrogens with two attached hydrogens (primary N) is 1. The molecule has 0 aliphatic rings. The summed E-state index contributed by atoms with van der Waals surface area (Å²) in [5.74, 6) is 0. The molecule has 1 nitrogen and oxygen atoms in total. The molecular weight excluding hydrogens is 182 g/mol. The molecule has 2 N–H and O–H groups in total. The predicted octanol–water partition coefficient (Wildman–Crippen LogP) is 2.92. The van der Waals surface area contributed by atoms with Crippen LogP contribution in [0.2, 0.25) is 0 Å². The molecule has 0 aliphatic heterocycles. The molecule has 1 aromatic rings. The number of rotatable bonds is 1. The lowest BCUT2D eigenvalue weighted by Crippen LogP contribution is -2.29. The lowest BCUT2D eigenvalue weighted by atomic mass is 9.89. The molecule has 74 valence electrons. The fourth-order valence-electron chi connectivity index (χ4n) is 1.45. The molecular formula is C11H18ClN. The van der Waals surface area contributed by atoms with Gasteiger partial charge in [-0.05, 0) is 44.4 Å². The zero-order valence-corrected chi connectivity index (χ0v) is 9.53. The van der Waals surface area contributed by atoms with Crippen LogP contribution in [-0.2, 0) is 5.54 Å². The van der Waals surface area contributed by atoms with Crippen molar-refractivity contribution in [2.24, 2.45) is 5.73 Å². The van der Waals surface area contributed by atoms with Gasteiger partial charge in [-0.1, -0.05) is 18.2 Å². The summed E-state index contributed by atoms with van der Waals surface area (Å²) in [6, 6.07) is 6.28. The SMILES string of the molecule is Cc1cccc(C(C)(C)N)c1C.Cl. The fourth-order valence-corrected chi connectivity index (χ4v) is 1.45. The Morgan fingerprint density at radius 2 is 1.69 bits per heavy atom. The van der Waals surface area contributed by atoms with E-state index in [1.807, 2.05) is 13.8 Å². The largest absolute Gasteiger partial charge is 0.322 e. The maximum atomic E-state index is 6.03. The van der Waals surface area contributed by atoms with E-state index in [4.69, 9.17) is 5.73 Å². The Kier molecular flexibility index (Phi) is 3.95. The van der Waals surface area contributed by atoms with E-state index in [-0.39, 0.29) is 17.9 Å². The molecule has 0 atom stereocenters. The van der Waals surface area contributed by atoms with Gasteiger partial charge in [-0.2, -0.15) is 0 Å². The highest BCUT2D eigenvalue weighted by Crippen LogP contribution is 2.22. The normalized spacial score (nSPS) is 10.8. The van der Waals surface area contributed by atoms with Crippen LogP contribution >= 0.6 is 12.4 Å². The van der Waals surface area contributed by atoms with Crippen molar-refractivity contribution >= 4 is 12.4 Å². The molecule has 0 fully saturated rings. The quantitative estimate of drug-likeness (QED) is 0.740. The highest BCUT2D eigenvalue weighted by Gasteiger charge is 2.16. The first-order valence-corrected chi connectivity index (χ1v) is 4.28. The molecule has 0 amide bonds. The molecule has 0 aromatic heterocycles. The highest BCUT2D eigenvalue weighted by molar-refractivity contribution is 5.85. The Labute approximate surface area is 86.7 Å². The predicted molar refractivity (Wildman–Crippen MR) is 60.4 cm³/mol. The van der Waals surface area contributed by atoms with E-state index >= 15 is 0 Å². The second kappa shape index (κ2) is 4.12. The zero-order chi connectivity index (χ0) is 9.35. The first-order valence-electron chi connectivity index (χ1n) is 4.28. The third kappa shape index (κ3) is 2.71. The second-order valence-electron chi connectivity index (χ2n) is 3.97. The lowest BCUT2D eigenvalue weighted by Gasteiger charge is -2.22. The molecule has 0 aliphatic carbocycles. The summed E-state index contributed by atoms with van der Waals surface area (Å²) >= 11 is 0. The van der Waals surface area contributed by atoms with Gasteiger partial charge in [0.1, 0.15) is 0 Å². The summed E-state index contributed by atoms with van der Waals surface area (Å²) in [5.41, 5.74) is 9.66. The fraction of sp³-hybridized carbons (Fsp3) is 0.455. The molecule has 0 saturated carbocycles. The van der Waals surface area contributed by atoms with Gasteiger partial charge in [0.05, 0.1) is 0 Å². The van der Waals surface area contributed by atoms with Crippen molar-refractivity contribution in [3.05, 3.63) is 34.9 Å². The Hall–Kier alpha value is -0.530. The van der Waals surface area contributed by atoms with Crippen LogP contribution in [0.1, 0.15) is 30.5 Å². The minimum absolute atomic E-state index is 0. The highest BCUT2D eigenvalue weighted by atomic mass is 35.5. The number of hydrogen-bond acceptors (Lipinski definition) is 1. The number of aryl methyl sites for hydroxylation is 1. The molecule has 0 bridgehead atoms. The third-order valence-corrected chi connectivity index (χ3v) is 2.30. The summed E-state index contributed by atoms with van der Waals surface area (Å²) in [5, 5.41) is 0. The van der Waals surface area contributed by atoms with Gasteiger partial charge >= 0.3 is 0 Å². The minimum Gasteiger partial charge on any atom is -0.322 e. The molecule has 0 heterocycles. The molecule has 1 rings (SSSR count). The van der Waals surface area contributed by atoms with Gasteiger partial charge in [0, 0.05) is 5.54 Å². The van der Waals surface area contributed by atoms with Crippen LogP contribution in [-0.4, -0.2) is 0 Å². The standard InChI is InChI=1S/C11H17N.ClH/c1-8-6-5-7-10(9(8)2)11(3,4)12;/h5-7H,12H2,1-4H3;1H.